The summed E-state index contributed by atoms with van der Waals surface area (Å²) >= 11 is 6.30. The molecular formula is C15H22ClN3O9S3. The normalized spacial score (nSPS) is 12.1. The van der Waals surface area contributed by atoms with E-state index in [0.29, 0.717) is 35.0 Å². The van der Waals surface area contributed by atoms with Gasteiger partial charge >= 0.3 is 0 Å². The number of fused-ring (bicyclic) bond motifs is 1. The van der Waals surface area contributed by atoms with Gasteiger partial charge in [-0.25, -0.2) is 18.4 Å². The molecule has 0 amide bonds. The van der Waals surface area contributed by atoms with Gasteiger partial charge in [0.1, 0.15) is 5.52 Å². The van der Waals surface area contributed by atoms with Crippen molar-refractivity contribution >= 4 is 58.6 Å². The minimum absolute atomic E-state index is 0.145. The highest BCUT2D eigenvalue weighted by molar-refractivity contribution is 7.99. The first-order valence-electron chi connectivity index (χ1n) is 8.21. The van der Waals surface area contributed by atoms with Crippen molar-refractivity contribution in [3.8, 4) is 11.8 Å². The zero-order valence-electron chi connectivity index (χ0n) is 17.5. The zero-order valence-corrected chi connectivity index (χ0v) is 20.7. The highest BCUT2D eigenvalue weighted by atomic mass is 35.5. The summed E-state index contributed by atoms with van der Waals surface area (Å²) in [4.78, 5) is 8.57. The van der Waals surface area contributed by atoms with Gasteiger partial charge in [0.05, 0.1) is 49.2 Å². The van der Waals surface area contributed by atoms with E-state index in [1.54, 1.807) is 6.07 Å². The molecule has 0 saturated carbocycles. The number of sulfonamides is 1. The summed E-state index contributed by atoms with van der Waals surface area (Å²) in [6.07, 6.45) is 2.98. The number of hydrogen-bond donors (Lipinski definition) is 1. The summed E-state index contributed by atoms with van der Waals surface area (Å²) < 4.78 is 79.6. The molecule has 16 heteroatoms. The molecule has 1 heterocycles. The molecule has 0 aliphatic carbocycles. The predicted octanol–water partition coefficient (Wildman–Crippen LogP) is 1.16. The molecule has 1 N–H and O–H groups in total. The average molecular weight is 520 g/mol. The van der Waals surface area contributed by atoms with Gasteiger partial charge in [-0.15, -0.1) is 3.63 Å². The third-order valence-corrected chi connectivity index (χ3v) is 6.20. The predicted molar refractivity (Wildman–Crippen MR) is 116 cm³/mol. The highest BCUT2D eigenvalue weighted by Crippen LogP contribution is 2.36. The second-order valence-corrected chi connectivity index (χ2v) is 11.5. The van der Waals surface area contributed by atoms with E-state index in [9.17, 15) is 25.3 Å². The number of ether oxygens (including phenoxy) is 2. The number of hydrogen-bond acceptors (Lipinski definition) is 11. The van der Waals surface area contributed by atoms with Gasteiger partial charge in [-0.1, -0.05) is 18.5 Å². The van der Waals surface area contributed by atoms with Crippen LogP contribution in [0.4, 0.5) is 5.69 Å². The molecule has 0 aliphatic rings. The maximum atomic E-state index is 11.6. The fraction of sp³-hybridized carbons (Fsp3) is 0.467. The first kappa shape index (κ1) is 27.1. The van der Waals surface area contributed by atoms with Crippen LogP contribution in [0, 0.1) is 0 Å². The molecule has 12 nitrogen and oxygen atoms in total. The van der Waals surface area contributed by atoms with Crippen LogP contribution in [-0.2, 0) is 40.3 Å². The van der Waals surface area contributed by atoms with Crippen LogP contribution in [0.3, 0.4) is 0 Å². The second kappa shape index (κ2) is 10.1. The number of nitrogens with one attached hydrogen (secondary N) is 1. The molecular weight excluding hydrogens is 498 g/mol. The summed E-state index contributed by atoms with van der Waals surface area (Å²) in [6.45, 7) is 1.91. The molecule has 31 heavy (non-hydrogen) atoms. The molecule has 2 rings (SSSR count). The highest BCUT2D eigenvalue weighted by Gasteiger charge is 2.19. The van der Waals surface area contributed by atoms with Crippen molar-refractivity contribution in [2.24, 2.45) is 0 Å². The molecule has 0 atom stereocenters. The van der Waals surface area contributed by atoms with Gasteiger partial charge in [0.25, 0.3) is 32.0 Å². The number of rotatable bonds is 7. The monoisotopic (exact) mass is 519 g/mol. The van der Waals surface area contributed by atoms with Crippen LogP contribution in [0.15, 0.2) is 6.07 Å². The maximum Gasteiger partial charge on any atom is 0.278 e. The van der Waals surface area contributed by atoms with Crippen LogP contribution >= 0.6 is 11.6 Å². The Labute approximate surface area is 186 Å². The van der Waals surface area contributed by atoms with E-state index in [0.717, 1.165) is 11.8 Å². The Morgan fingerprint density at radius 1 is 0.935 bits per heavy atom. The minimum Gasteiger partial charge on any atom is -0.477 e. The fourth-order valence-electron chi connectivity index (χ4n) is 2.22. The van der Waals surface area contributed by atoms with Crippen molar-refractivity contribution in [1.82, 2.24) is 9.97 Å². The number of benzene rings is 1. The van der Waals surface area contributed by atoms with E-state index in [2.05, 4.69) is 18.3 Å². The molecule has 0 bridgehead atoms. The molecule has 0 aliphatic heterocycles. The Balaban J connectivity index is 0.000000452. The largest absolute Gasteiger partial charge is 0.477 e. The van der Waals surface area contributed by atoms with Crippen molar-refractivity contribution in [1.29, 1.82) is 0 Å². The van der Waals surface area contributed by atoms with Crippen LogP contribution in [-0.4, -0.2) is 68.2 Å². The topological polar surface area (TPSA) is 168 Å². The van der Waals surface area contributed by atoms with Crippen molar-refractivity contribution < 1.29 is 38.4 Å². The smallest absolute Gasteiger partial charge is 0.278 e. The van der Waals surface area contributed by atoms with Crippen molar-refractivity contribution in [2.75, 3.05) is 37.7 Å². The zero-order chi connectivity index (χ0) is 24.2. The van der Waals surface area contributed by atoms with Gasteiger partial charge in [-0.05, 0) is 18.1 Å². The molecule has 0 radical (unpaired) electrons. The lowest BCUT2D eigenvalue weighted by atomic mass is 10.1. The summed E-state index contributed by atoms with van der Waals surface area (Å²) in [5.74, 6) is 0.358. The van der Waals surface area contributed by atoms with Crippen LogP contribution in [0.1, 0.15) is 12.5 Å². The van der Waals surface area contributed by atoms with E-state index < -0.39 is 30.3 Å². The van der Waals surface area contributed by atoms with Gasteiger partial charge in [0.15, 0.2) is 0 Å². The quantitative estimate of drug-likeness (QED) is 0.556. The molecule has 0 fully saturated rings. The van der Waals surface area contributed by atoms with E-state index in [-0.39, 0.29) is 17.4 Å². The first-order valence-corrected chi connectivity index (χ1v) is 14.1. The molecule has 0 spiro atoms. The number of aromatic nitrogens is 2. The summed E-state index contributed by atoms with van der Waals surface area (Å²) in [7, 11) is -8.40. The molecule has 0 unspecified atom stereocenters. The van der Waals surface area contributed by atoms with Crippen LogP contribution < -0.4 is 14.2 Å². The summed E-state index contributed by atoms with van der Waals surface area (Å²) in [5.41, 5.74) is 1.70. The third kappa shape index (κ3) is 8.60. The molecule has 1 aromatic carbocycles. The fourth-order valence-corrected chi connectivity index (χ4v) is 4.97. The van der Waals surface area contributed by atoms with Gasteiger partial charge in [-0.2, -0.15) is 16.8 Å². The molecule has 2 aromatic rings. The van der Waals surface area contributed by atoms with Gasteiger partial charge in [0.2, 0.25) is 10.0 Å². The Morgan fingerprint density at radius 3 is 1.77 bits per heavy atom. The van der Waals surface area contributed by atoms with Crippen molar-refractivity contribution in [2.45, 2.75) is 13.3 Å². The average Bonchev–Trinajstić information content (AvgIpc) is 2.59. The number of anilines is 1. The van der Waals surface area contributed by atoms with Gasteiger partial charge in [0, 0.05) is 0 Å². The number of nitrogens with zero attached hydrogens (tertiary/aromatic N) is 2. The van der Waals surface area contributed by atoms with E-state index in [1.165, 1.54) is 14.2 Å². The van der Waals surface area contributed by atoms with E-state index in [4.69, 9.17) is 21.1 Å². The minimum atomic E-state index is -3.87. The lowest BCUT2D eigenvalue weighted by molar-refractivity contribution is 0.334. The molecule has 0 saturated heterocycles. The lowest BCUT2D eigenvalue weighted by Gasteiger charge is -2.14. The van der Waals surface area contributed by atoms with Crippen LogP contribution in [0.25, 0.3) is 11.0 Å². The lowest BCUT2D eigenvalue weighted by Crippen LogP contribution is -2.12. The van der Waals surface area contributed by atoms with Crippen molar-refractivity contribution in [3.63, 3.8) is 0 Å². The summed E-state index contributed by atoms with van der Waals surface area (Å²) in [6, 6.07) is 1.75. The SMILES string of the molecule is CCc1cc2nc(OC)c(OC)nc2c(NS(C)(=O)=O)c1Cl.CS(=O)(=O)OS(C)(=O)=O. The van der Waals surface area contributed by atoms with Gasteiger partial charge < -0.3 is 9.47 Å². The third-order valence-electron chi connectivity index (χ3n) is 3.21. The Kier molecular flexibility index (Phi) is 8.84. The molecule has 1 aromatic heterocycles. The van der Waals surface area contributed by atoms with E-state index >= 15 is 0 Å². The van der Waals surface area contributed by atoms with Crippen molar-refractivity contribution in [3.05, 3.63) is 16.7 Å². The van der Waals surface area contributed by atoms with E-state index in [1.807, 2.05) is 6.92 Å². The van der Waals surface area contributed by atoms with Gasteiger partial charge in [-0.3, -0.25) is 4.72 Å². The number of aryl methyl sites for hydroxylation is 1. The first-order chi connectivity index (χ1) is 14.0. The molecule has 176 valence electrons. The Bertz CT molecular complexity index is 1250. The Hall–Kier alpha value is -1.94. The number of methoxy groups -OCH3 is 2. The Morgan fingerprint density at radius 2 is 1.42 bits per heavy atom. The standard InChI is InChI=1S/C13H16ClN3O4S.C2H6O5S2/c1-5-7-6-8-10(11(9(7)14)17-22(4,18)19)16-13(21-3)12(15-8)20-2;1-8(3,4)7-9(2,5)6/h6,17H,5H2,1-4H3;1-2H3. The van der Waals surface area contributed by atoms with Crippen LogP contribution in [0.5, 0.6) is 11.8 Å². The maximum absolute atomic E-state index is 11.6. The summed E-state index contributed by atoms with van der Waals surface area (Å²) in [5, 5.41) is 0.293. The van der Waals surface area contributed by atoms with Crippen LogP contribution in [0.2, 0.25) is 5.02 Å². The second-order valence-electron chi connectivity index (χ2n) is 6.04. The number of halogens is 1.